The van der Waals surface area contributed by atoms with Gasteiger partial charge in [0.1, 0.15) is 11.9 Å². The summed E-state index contributed by atoms with van der Waals surface area (Å²) >= 11 is 3.55. The van der Waals surface area contributed by atoms with Crippen LogP contribution in [0.5, 0.6) is 5.88 Å². The fourth-order valence-corrected chi connectivity index (χ4v) is 4.83. The molecule has 0 amide bonds. The summed E-state index contributed by atoms with van der Waals surface area (Å²) in [7, 11) is 0. The van der Waals surface area contributed by atoms with Crippen LogP contribution in [0.25, 0.3) is 10.9 Å². The molecule has 1 aliphatic heterocycles. The van der Waals surface area contributed by atoms with Crippen molar-refractivity contribution in [3.8, 4) is 5.88 Å². The van der Waals surface area contributed by atoms with E-state index in [0.29, 0.717) is 11.8 Å². The molecule has 1 aromatic carbocycles. The fourth-order valence-electron chi connectivity index (χ4n) is 4.50. The molecule has 0 unspecified atom stereocenters. The van der Waals surface area contributed by atoms with Crippen LogP contribution in [0.2, 0.25) is 0 Å². The number of benzene rings is 1. The summed E-state index contributed by atoms with van der Waals surface area (Å²) in [4.78, 5) is 11.8. The van der Waals surface area contributed by atoms with Gasteiger partial charge >= 0.3 is 0 Å². The SMILES string of the molecule is Brc1cnc2cc(N3CCOCC3)nc(O[C@H]3CC[C@@H](c4ccccc4)CC3)c2c1. The van der Waals surface area contributed by atoms with Crippen molar-refractivity contribution in [2.24, 2.45) is 0 Å². The Morgan fingerprint density at radius 2 is 1.77 bits per heavy atom. The van der Waals surface area contributed by atoms with E-state index in [2.05, 4.69) is 68.3 Å². The van der Waals surface area contributed by atoms with Gasteiger partial charge in [0, 0.05) is 29.8 Å². The van der Waals surface area contributed by atoms with Gasteiger partial charge in [0.25, 0.3) is 0 Å². The second kappa shape index (κ2) is 8.90. The van der Waals surface area contributed by atoms with Crippen molar-refractivity contribution < 1.29 is 9.47 Å². The minimum atomic E-state index is 0.194. The average molecular weight is 468 g/mol. The molecule has 2 aliphatic rings. The van der Waals surface area contributed by atoms with Crippen LogP contribution in [0.4, 0.5) is 5.82 Å². The number of rotatable bonds is 4. The first-order valence-electron chi connectivity index (χ1n) is 10.8. The summed E-state index contributed by atoms with van der Waals surface area (Å²) in [5, 5.41) is 0.964. The number of aromatic nitrogens is 2. The molecule has 1 saturated heterocycles. The number of halogens is 1. The third-order valence-electron chi connectivity index (χ3n) is 6.16. The summed E-state index contributed by atoms with van der Waals surface area (Å²) in [6, 6.07) is 15.0. The third kappa shape index (κ3) is 4.30. The molecule has 0 N–H and O–H groups in total. The number of anilines is 1. The van der Waals surface area contributed by atoms with Crippen LogP contribution in [-0.2, 0) is 4.74 Å². The van der Waals surface area contributed by atoms with Crippen molar-refractivity contribution in [2.75, 3.05) is 31.2 Å². The van der Waals surface area contributed by atoms with Crippen molar-refractivity contribution in [1.82, 2.24) is 9.97 Å². The zero-order valence-electron chi connectivity index (χ0n) is 17.0. The molecule has 0 radical (unpaired) electrons. The molecule has 156 valence electrons. The molecule has 0 spiro atoms. The molecule has 0 bridgehead atoms. The fraction of sp³-hybridized carbons (Fsp3) is 0.417. The second-order valence-corrected chi connectivity index (χ2v) is 9.02. The third-order valence-corrected chi connectivity index (χ3v) is 6.59. The lowest BCUT2D eigenvalue weighted by Crippen LogP contribution is -2.36. The van der Waals surface area contributed by atoms with Gasteiger partial charge in [0.2, 0.25) is 5.88 Å². The van der Waals surface area contributed by atoms with Gasteiger partial charge in [-0.3, -0.25) is 4.98 Å². The molecule has 30 heavy (non-hydrogen) atoms. The Morgan fingerprint density at radius 1 is 1.00 bits per heavy atom. The molecule has 2 aromatic heterocycles. The molecule has 5 nitrogen and oxygen atoms in total. The Hall–Kier alpha value is -2.18. The van der Waals surface area contributed by atoms with Crippen molar-refractivity contribution in [3.05, 3.63) is 58.7 Å². The first-order valence-corrected chi connectivity index (χ1v) is 11.6. The van der Waals surface area contributed by atoms with E-state index in [1.165, 1.54) is 5.56 Å². The highest BCUT2D eigenvalue weighted by atomic mass is 79.9. The molecule has 3 heterocycles. The van der Waals surface area contributed by atoms with E-state index in [9.17, 15) is 0 Å². The van der Waals surface area contributed by atoms with Crippen LogP contribution in [0.15, 0.2) is 53.1 Å². The highest BCUT2D eigenvalue weighted by Gasteiger charge is 2.25. The quantitative estimate of drug-likeness (QED) is 0.518. The standard InChI is InChI=1S/C24H26BrN3O2/c25-19-14-21-22(26-16-19)15-23(28-10-12-29-13-11-28)27-24(21)30-20-8-6-18(7-9-20)17-4-2-1-3-5-17/h1-5,14-16,18,20H,6-13H2/t18-,20+. The van der Waals surface area contributed by atoms with Gasteiger partial charge in [-0.2, -0.15) is 4.98 Å². The van der Waals surface area contributed by atoms with E-state index < -0.39 is 0 Å². The van der Waals surface area contributed by atoms with Crippen LogP contribution in [0.1, 0.15) is 37.2 Å². The van der Waals surface area contributed by atoms with Crippen LogP contribution in [0, 0.1) is 0 Å². The van der Waals surface area contributed by atoms with Crippen LogP contribution >= 0.6 is 15.9 Å². The lowest BCUT2D eigenvalue weighted by atomic mass is 9.83. The molecule has 0 atom stereocenters. The number of hydrogen-bond acceptors (Lipinski definition) is 5. The smallest absolute Gasteiger partial charge is 0.225 e. The topological polar surface area (TPSA) is 47.5 Å². The zero-order chi connectivity index (χ0) is 20.3. The first-order chi connectivity index (χ1) is 14.8. The van der Waals surface area contributed by atoms with Crippen LogP contribution in [-0.4, -0.2) is 42.4 Å². The molecule has 6 heteroatoms. The van der Waals surface area contributed by atoms with E-state index in [1.807, 2.05) is 6.20 Å². The average Bonchev–Trinajstić information content (AvgIpc) is 2.81. The molecular formula is C24H26BrN3O2. The predicted octanol–water partition coefficient (Wildman–Crippen LogP) is 5.33. The minimum absolute atomic E-state index is 0.194. The number of nitrogens with zero attached hydrogens (tertiary/aromatic N) is 3. The maximum Gasteiger partial charge on any atom is 0.225 e. The number of pyridine rings is 2. The summed E-state index contributed by atoms with van der Waals surface area (Å²) in [6.45, 7) is 3.15. The molecule has 5 rings (SSSR count). The van der Waals surface area contributed by atoms with Gasteiger partial charge in [-0.15, -0.1) is 0 Å². The normalized spacial score (nSPS) is 22.2. The first kappa shape index (κ1) is 19.8. The highest BCUT2D eigenvalue weighted by molar-refractivity contribution is 9.10. The van der Waals surface area contributed by atoms with E-state index in [1.54, 1.807) is 0 Å². The van der Waals surface area contributed by atoms with Gasteiger partial charge in [0.05, 0.1) is 24.1 Å². The Bertz CT molecular complexity index is 1000. The molecule has 2 fully saturated rings. The van der Waals surface area contributed by atoms with Crippen LogP contribution in [0.3, 0.4) is 0 Å². The lowest BCUT2D eigenvalue weighted by Gasteiger charge is -2.31. The zero-order valence-corrected chi connectivity index (χ0v) is 18.6. The molecular weight excluding hydrogens is 442 g/mol. The highest BCUT2D eigenvalue weighted by Crippen LogP contribution is 2.36. The molecule has 3 aromatic rings. The number of ether oxygens (including phenoxy) is 2. The Morgan fingerprint density at radius 3 is 2.53 bits per heavy atom. The summed E-state index contributed by atoms with van der Waals surface area (Å²) in [6.07, 6.45) is 6.42. The van der Waals surface area contributed by atoms with Gasteiger partial charge in [-0.05, 0) is 59.2 Å². The maximum atomic E-state index is 6.51. The Kier molecular flexibility index (Phi) is 5.86. The van der Waals surface area contributed by atoms with E-state index in [0.717, 1.165) is 73.2 Å². The van der Waals surface area contributed by atoms with E-state index >= 15 is 0 Å². The summed E-state index contributed by atoms with van der Waals surface area (Å²) in [5.74, 6) is 2.26. The number of hydrogen-bond donors (Lipinski definition) is 0. The maximum absolute atomic E-state index is 6.51. The number of fused-ring (bicyclic) bond motifs is 1. The Balaban J connectivity index is 1.37. The van der Waals surface area contributed by atoms with Crippen molar-refractivity contribution in [3.63, 3.8) is 0 Å². The molecule has 1 aliphatic carbocycles. The largest absolute Gasteiger partial charge is 0.474 e. The second-order valence-electron chi connectivity index (χ2n) is 8.11. The van der Waals surface area contributed by atoms with Crippen LogP contribution < -0.4 is 9.64 Å². The van der Waals surface area contributed by atoms with E-state index in [-0.39, 0.29) is 6.10 Å². The van der Waals surface area contributed by atoms with Crippen molar-refractivity contribution in [1.29, 1.82) is 0 Å². The van der Waals surface area contributed by atoms with Crippen molar-refractivity contribution in [2.45, 2.75) is 37.7 Å². The van der Waals surface area contributed by atoms with Crippen molar-refractivity contribution >= 4 is 32.7 Å². The number of morpholine rings is 1. The molecule has 1 saturated carbocycles. The van der Waals surface area contributed by atoms with Gasteiger partial charge in [-0.25, -0.2) is 0 Å². The lowest BCUT2D eigenvalue weighted by molar-refractivity contribution is 0.122. The van der Waals surface area contributed by atoms with Gasteiger partial charge < -0.3 is 14.4 Å². The van der Waals surface area contributed by atoms with Gasteiger partial charge in [-0.1, -0.05) is 30.3 Å². The minimum Gasteiger partial charge on any atom is -0.474 e. The summed E-state index contributed by atoms with van der Waals surface area (Å²) in [5.41, 5.74) is 2.37. The monoisotopic (exact) mass is 467 g/mol. The van der Waals surface area contributed by atoms with Gasteiger partial charge in [0.15, 0.2) is 0 Å². The predicted molar refractivity (Wildman–Crippen MR) is 122 cm³/mol. The van der Waals surface area contributed by atoms with E-state index in [4.69, 9.17) is 14.5 Å². The Labute approximate surface area is 185 Å². The summed E-state index contributed by atoms with van der Waals surface area (Å²) < 4.78 is 12.9.